The first-order valence-corrected chi connectivity index (χ1v) is 10.9. The Bertz CT molecular complexity index is 1250. The van der Waals surface area contributed by atoms with Crippen LogP contribution in [0.1, 0.15) is 28.8 Å². The Kier molecular flexibility index (Phi) is 7.40. The van der Waals surface area contributed by atoms with E-state index in [9.17, 15) is 9.18 Å². The third-order valence-electron chi connectivity index (χ3n) is 5.68. The van der Waals surface area contributed by atoms with Crippen LogP contribution in [0.15, 0.2) is 102 Å². The number of ether oxygens (including phenoxy) is 3. The summed E-state index contributed by atoms with van der Waals surface area (Å²) >= 11 is 0. The Morgan fingerprint density at radius 3 is 1.94 bits per heavy atom. The van der Waals surface area contributed by atoms with E-state index in [0.29, 0.717) is 12.4 Å². The third kappa shape index (κ3) is 5.35. The van der Waals surface area contributed by atoms with E-state index in [2.05, 4.69) is 0 Å². The fourth-order valence-corrected chi connectivity index (χ4v) is 3.88. The van der Waals surface area contributed by atoms with Gasteiger partial charge in [0.1, 0.15) is 23.4 Å². The standard InChI is InChI=1S/C28H26FNO4/c1-32-24-14-6-20(7-15-24)19-34-28(22-10-16-25(33-2)17-11-22)27(21-8-12-23(29)13-9-21)30-18-4-3-5-26(30)31/h3-18,27-28H,19H2,1-2H3/t27-,28-/m1/s1. The summed E-state index contributed by atoms with van der Waals surface area (Å²) in [6, 6.07) is 25.8. The van der Waals surface area contributed by atoms with Crippen molar-refractivity contribution in [2.45, 2.75) is 18.8 Å². The lowest BCUT2D eigenvalue weighted by molar-refractivity contribution is 0.0126. The van der Waals surface area contributed by atoms with Crippen molar-refractivity contribution in [2.75, 3.05) is 14.2 Å². The quantitative estimate of drug-likeness (QED) is 0.329. The number of benzene rings is 3. The van der Waals surface area contributed by atoms with Crippen LogP contribution >= 0.6 is 0 Å². The molecule has 6 heteroatoms. The van der Waals surface area contributed by atoms with Crippen LogP contribution in [0.2, 0.25) is 0 Å². The lowest BCUT2D eigenvalue weighted by Crippen LogP contribution is -2.30. The van der Waals surface area contributed by atoms with E-state index in [1.165, 1.54) is 18.2 Å². The Balaban J connectivity index is 1.78. The van der Waals surface area contributed by atoms with Crippen molar-refractivity contribution in [3.63, 3.8) is 0 Å². The van der Waals surface area contributed by atoms with Crippen molar-refractivity contribution in [3.05, 3.63) is 130 Å². The van der Waals surface area contributed by atoms with E-state index in [0.717, 1.165) is 22.4 Å². The lowest BCUT2D eigenvalue weighted by Gasteiger charge is -2.30. The Morgan fingerprint density at radius 1 is 0.765 bits per heavy atom. The number of halogens is 1. The van der Waals surface area contributed by atoms with Gasteiger partial charge in [-0.2, -0.15) is 0 Å². The maximum absolute atomic E-state index is 13.7. The summed E-state index contributed by atoms with van der Waals surface area (Å²) in [6.45, 7) is 0.306. The first-order valence-electron chi connectivity index (χ1n) is 10.9. The van der Waals surface area contributed by atoms with Gasteiger partial charge in [-0.25, -0.2) is 4.39 Å². The van der Waals surface area contributed by atoms with Crippen molar-refractivity contribution in [3.8, 4) is 11.5 Å². The monoisotopic (exact) mass is 459 g/mol. The smallest absolute Gasteiger partial charge is 0.251 e. The van der Waals surface area contributed by atoms with Crippen LogP contribution in [0.25, 0.3) is 0 Å². The fourth-order valence-electron chi connectivity index (χ4n) is 3.88. The molecular weight excluding hydrogens is 433 g/mol. The second kappa shape index (κ2) is 10.8. The molecule has 0 aliphatic carbocycles. The van der Waals surface area contributed by atoms with Crippen molar-refractivity contribution in [1.29, 1.82) is 0 Å². The second-order valence-electron chi connectivity index (χ2n) is 7.80. The van der Waals surface area contributed by atoms with Gasteiger partial charge < -0.3 is 18.8 Å². The van der Waals surface area contributed by atoms with Gasteiger partial charge in [-0.15, -0.1) is 0 Å². The summed E-state index contributed by atoms with van der Waals surface area (Å²) < 4.78 is 32.4. The van der Waals surface area contributed by atoms with Crippen LogP contribution in [-0.2, 0) is 11.3 Å². The first-order chi connectivity index (χ1) is 16.6. The van der Waals surface area contributed by atoms with Gasteiger partial charge in [0.2, 0.25) is 0 Å². The lowest BCUT2D eigenvalue weighted by atomic mass is 9.94. The molecule has 0 spiro atoms. The highest BCUT2D eigenvalue weighted by atomic mass is 19.1. The average Bonchev–Trinajstić information content (AvgIpc) is 2.88. The van der Waals surface area contributed by atoms with E-state index in [1.54, 1.807) is 49.2 Å². The summed E-state index contributed by atoms with van der Waals surface area (Å²) in [5.41, 5.74) is 2.39. The Labute approximate surface area is 198 Å². The predicted octanol–water partition coefficient (Wildman–Crippen LogP) is 5.55. The average molecular weight is 460 g/mol. The number of rotatable bonds is 9. The minimum absolute atomic E-state index is 0.177. The molecule has 0 fully saturated rings. The maximum atomic E-state index is 13.7. The molecule has 0 unspecified atom stereocenters. The molecular formula is C28H26FNO4. The molecule has 0 radical (unpaired) electrons. The molecule has 0 aliphatic rings. The molecule has 3 aromatic carbocycles. The van der Waals surface area contributed by atoms with E-state index in [1.807, 2.05) is 48.5 Å². The van der Waals surface area contributed by atoms with Crippen molar-refractivity contribution >= 4 is 0 Å². The first kappa shape index (κ1) is 23.3. The molecule has 0 N–H and O–H groups in total. The highest BCUT2D eigenvalue weighted by molar-refractivity contribution is 5.33. The van der Waals surface area contributed by atoms with Crippen LogP contribution in [0.4, 0.5) is 4.39 Å². The summed E-state index contributed by atoms with van der Waals surface area (Å²) in [7, 11) is 3.23. The predicted molar refractivity (Wildman–Crippen MR) is 129 cm³/mol. The third-order valence-corrected chi connectivity index (χ3v) is 5.68. The SMILES string of the molecule is COc1ccc(CO[C@H](c2ccc(OC)cc2)[C@@H](c2ccc(F)cc2)n2ccccc2=O)cc1. The van der Waals surface area contributed by atoms with Crippen molar-refractivity contribution in [1.82, 2.24) is 4.57 Å². The molecule has 4 aromatic rings. The van der Waals surface area contributed by atoms with Gasteiger partial charge in [0, 0.05) is 12.3 Å². The molecule has 5 nitrogen and oxygen atoms in total. The highest BCUT2D eigenvalue weighted by Gasteiger charge is 2.28. The van der Waals surface area contributed by atoms with E-state index in [4.69, 9.17) is 14.2 Å². The zero-order chi connectivity index (χ0) is 23.9. The van der Waals surface area contributed by atoms with Crippen molar-refractivity contribution in [2.24, 2.45) is 0 Å². The molecule has 0 aliphatic heterocycles. The van der Waals surface area contributed by atoms with E-state index in [-0.39, 0.29) is 11.4 Å². The van der Waals surface area contributed by atoms with Gasteiger partial charge in [0.25, 0.3) is 5.56 Å². The van der Waals surface area contributed by atoms with Crippen LogP contribution < -0.4 is 15.0 Å². The molecule has 1 aromatic heterocycles. The number of hydrogen-bond acceptors (Lipinski definition) is 4. The summed E-state index contributed by atoms with van der Waals surface area (Å²) in [4.78, 5) is 12.9. The molecule has 0 amide bonds. The van der Waals surface area contributed by atoms with E-state index < -0.39 is 12.1 Å². The van der Waals surface area contributed by atoms with Gasteiger partial charge >= 0.3 is 0 Å². The molecule has 0 saturated carbocycles. The van der Waals surface area contributed by atoms with Crippen LogP contribution in [0, 0.1) is 5.82 Å². The topological polar surface area (TPSA) is 49.7 Å². The molecule has 1 heterocycles. The van der Waals surface area contributed by atoms with Gasteiger partial charge in [0.15, 0.2) is 0 Å². The minimum Gasteiger partial charge on any atom is -0.497 e. The zero-order valence-electron chi connectivity index (χ0n) is 19.1. The van der Waals surface area contributed by atoms with Gasteiger partial charge in [-0.3, -0.25) is 4.79 Å². The number of nitrogens with zero attached hydrogens (tertiary/aromatic N) is 1. The number of hydrogen-bond donors (Lipinski definition) is 0. The van der Waals surface area contributed by atoms with Crippen LogP contribution in [0.3, 0.4) is 0 Å². The molecule has 4 rings (SSSR count). The maximum Gasteiger partial charge on any atom is 0.251 e. The fraction of sp³-hybridized carbons (Fsp3) is 0.179. The minimum atomic E-state index is -0.543. The zero-order valence-corrected chi connectivity index (χ0v) is 19.1. The summed E-state index contributed by atoms with van der Waals surface area (Å²) in [5.74, 6) is 1.13. The molecule has 174 valence electrons. The number of pyridine rings is 1. The van der Waals surface area contributed by atoms with Gasteiger partial charge in [0.05, 0.1) is 26.9 Å². The Hall–Kier alpha value is -3.90. The Morgan fingerprint density at radius 2 is 1.35 bits per heavy atom. The highest BCUT2D eigenvalue weighted by Crippen LogP contribution is 2.36. The molecule has 2 atom stereocenters. The van der Waals surface area contributed by atoms with E-state index >= 15 is 0 Å². The summed E-state index contributed by atoms with van der Waals surface area (Å²) in [6.07, 6.45) is 1.18. The van der Waals surface area contributed by atoms with Gasteiger partial charge in [-0.05, 0) is 59.2 Å². The molecule has 34 heavy (non-hydrogen) atoms. The van der Waals surface area contributed by atoms with Crippen molar-refractivity contribution < 1.29 is 18.6 Å². The second-order valence-corrected chi connectivity index (χ2v) is 7.80. The normalized spacial score (nSPS) is 12.7. The van der Waals surface area contributed by atoms with Gasteiger partial charge in [-0.1, -0.05) is 42.5 Å². The summed E-state index contributed by atoms with van der Waals surface area (Å²) in [5, 5.41) is 0. The molecule has 0 saturated heterocycles. The molecule has 0 bridgehead atoms. The van der Waals surface area contributed by atoms with Crippen LogP contribution in [-0.4, -0.2) is 18.8 Å². The largest absolute Gasteiger partial charge is 0.497 e. The number of aromatic nitrogens is 1. The van der Waals surface area contributed by atoms with Crippen LogP contribution in [0.5, 0.6) is 11.5 Å². The number of methoxy groups -OCH3 is 2.